The Morgan fingerprint density at radius 2 is 2.06 bits per heavy atom. The van der Waals surface area contributed by atoms with Gasteiger partial charge in [-0.15, -0.1) is 0 Å². The van der Waals surface area contributed by atoms with Crippen LogP contribution in [0.5, 0.6) is 5.75 Å². The average Bonchev–Trinajstić information content (AvgIpc) is 3.17. The number of carbonyl (C=O) groups is 2. The minimum Gasteiger partial charge on any atom is -0.482 e. The van der Waals surface area contributed by atoms with Gasteiger partial charge in [-0.2, -0.15) is 0 Å². The van der Waals surface area contributed by atoms with Crippen molar-refractivity contribution in [2.45, 2.75) is 39.0 Å². The predicted octanol–water partition coefficient (Wildman–Crippen LogP) is 2.02. The molecule has 33 heavy (non-hydrogen) atoms. The number of esters is 2. The molecule has 0 fully saturated rings. The second-order valence-electron chi connectivity index (χ2n) is 8.05. The van der Waals surface area contributed by atoms with Gasteiger partial charge in [-0.3, -0.25) is 4.79 Å². The summed E-state index contributed by atoms with van der Waals surface area (Å²) in [5, 5.41) is 11.7. The number of rotatable bonds is 5. The maximum absolute atomic E-state index is 13.2. The SMILES string of the molecule is CCOC(=O)COc1ccc2nc3c(cc2c1)Cn1c-3cc2c(c1=O)COC(=O)[C@]2(O)CC. The zero-order chi connectivity index (χ0) is 23.3. The van der Waals surface area contributed by atoms with Gasteiger partial charge in [0.05, 0.1) is 35.6 Å². The molecule has 0 saturated carbocycles. The summed E-state index contributed by atoms with van der Waals surface area (Å²) in [4.78, 5) is 41.8. The topological polar surface area (TPSA) is 117 Å². The second kappa shape index (κ2) is 7.70. The lowest BCUT2D eigenvalue weighted by Gasteiger charge is -2.31. The summed E-state index contributed by atoms with van der Waals surface area (Å²) in [6.45, 7) is 3.64. The molecule has 0 radical (unpaired) electrons. The van der Waals surface area contributed by atoms with E-state index in [1.807, 2.05) is 6.07 Å². The lowest BCUT2D eigenvalue weighted by atomic mass is 9.86. The van der Waals surface area contributed by atoms with Gasteiger partial charge in [-0.25, -0.2) is 14.6 Å². The van der Waals surface area contributed by atoms with E-state index in [9.17, 15) is 19.5 Å². The number of ether oxygens (including phenoxy) is 3. The number of hydrogen-bond donors (Lipinski definition) is 1. The van der Waals surface area contributed by atoms with Crippen LogP contribution in [0.2, 0.25) is 0 Å². The zero-order valence-electron chi connectivity index (χ0n) is 18.2. The third kappa shape index (κ3) is 3.27. The van der Waals surface area contributed by atoms with Crippen LogP contribution >= 0.6 is 0 Å². The smallest absolute Gasteiger partial charge is 0.344 e. The number of nitrogens with zero attached hydrogens (tertiary/aromatic N) is 2. The molecule has 0 spiro atoms. The standard InChI is InChI=1S/C24H22N2O7/c1-3-24(30)17-9-19-21-14(10-26(19)22(28)16(17)11-33-23(24)29)7-13-8-15(5-6-18(13)25-21)32-12-20(27)31-4-2/h5-9,30H,3-4,10-12H2,1-2H3/t24-/m0/s1. The maximum atomic E-state index is 13.2. The highest BCUT2D eigenvalue weighted by molar-refractivity contribution is 5.87. The first-order valence-corrected chi connectivity index (χ1v) is 10.7. The fraction of sp³-hybridized carbons (Fsp3) is 0.333. The molecule has 1 N–H and O–H groups in total. The van der Waals surface area contributed by atoms with Gasteiger partial charge >= 0.3 is 11.9 Å². The highest BCUT2D eigenvalue weighted by Gasteiger charge is 2.45. The number of cyclic esters (lactones) is 1. The average molecular weight is 450 g/mol. The zero-order valence-corrected chi connectivity index (χ0v) is 18.2. The Hall–Kier alpha value is -3.72. The summed E-state index contributed by atoms with van der Waals surface area (Å²) in [6.07, 6.45) is 0.0916. The van der Waals surface area contributed by atoms with Crippen LogP contribution in [-0.4, -0.2) is 39.8 Å². The van der Waals surface area contributed by atoms with Crippen molar-refractivity contribution in [2.75, 3.05) is 13.2 Å². The van der Waals surface area contributed by atoms with Gasteiger partial charge in [0.25, 0.3) is 5.56 Å². The van der Waals surface area contributed by atoms with Crippen molar-refractivity contribution in [2.24, 2.45) is 0 Å². The Bertz CT molecular complexity index is 1380. The van der Waals surface area contributed by atoms with Crippen molar-refractivity contribution in [3.05, 3.63) is 57.4 Å². The van der Waals surface area contributed by atoms with Crippen LogP contribution in [0.4, 0.5) is 0 Å². The van der Waals surface area contributed by atoms with E-state index in [2.05, 4.69) is 0 Å². The molecule has 170 valence electrons. The molecule has 3 aromatic rings. The second-order valence-corrected chi connectivity index (χ2v) is 8.05. The Labute approximate surface area is 188 Å². The van der Waals surface area contributed by atoms with Crippen LogP contribution in [0.15, 0.2) is 35.1 Å². The largest absolute Gasteiger partial charge is 0.482 e. The van der Waals surface area contributed by atoms with Crippen molar-refractivity contribution in [3.63, 3.8) is 0 Å². The lowest BCUT2D eigenvalue weighted by molar-refractivity contribution is -0.172. The van der Waals surface area contributed by atoms with Crippen LogP contribution in [-0.2, 0) is 37.8 Å². The van der Waals surface area contributed by atoms with Gasteiger partial charge < -0.3 is 23.9 Å². The van der Waals surface area contributed by atoms with E-state index in [-0.39, 0.29) is 42.9 Å². The highest BCUT2D eigenvalue weighted by atomic mass is 16.6. The van der Waals surface area contributed by atoms with Crippen molar-refractivity contribution >= 4 is 22.8 Å². The molecule has 2 aliphatic heterocycles. The van der Waals surface area contributed by atoms with E-state index in [0.717, 1.165) is 10.9 Å². The first kappa shape index (κ1) is 21.1. The number of hydrogen-bond acceptors (Lipinski definition) is 8. The molecule has 0 aliphatic carbocycles. The first-order valence-electron chi connectivity index (χ1n) is 10.7. The molecular weight excluding hydrogens is 428 g/mol. The normalized spacial score (nSPS) is 18.3. The van der Waals surface area contributed by atoms with Crippen molar-refractivity contribution in [3.8, 4) is 17.1 Å². The Morgan fingerprint density at radius 1 is 1.24 bits per heavy atom. The van der Waals surface area contributed by atoms with Crippen molar-refractivity contribution < 1.29 is 28.9 Å². The fourth-order valence-corrected chi connectivity index (χ4v) is 4.40. The van der Waals surface area contributed by atoms with E-state index in [1.54, 1.807) is 42.7 Å². The summed E-state index contributed by atoms with van der Waals surface area (Å²) in [5.41, 5.74) is 1.11. The maximum Gasteiger partial charge on any atom is 0.344 e. The molecule has 5 rings (SSSR count). The molecule has 4 heterocycles. The minimum absolute atomic E-state index is 0.0916. The highest BCUT2D eigenvalue weighted by Crippen LogP contribution is 2.38. The summed E-state index contributed by atoms with van der Waals surface area (Å²) in [6, 6.07) is 8.87. The summed E-state index contributed by atoms with van der Waals surface area (Å²) in [7, 11) is 0. The quantitative estimate of drug-likeness (QED) is 0.459. The third-order valence-corrected chi connectivity index (χ3v) is 6.14. The molecule has 1 atom stereocenters. The number of aliphatic hydroxyl groups is 1. The van der Waals surface area contributed by atoms with Crippen molar-refractivity contribution in [1.29, 1.82) is 0 Å². The molecule has 0 bridgehead atoms. The molecule has 2 aromatic heterocycles. The van der Waals surface area contributed by atoms with Gasteiger partial charge in [-0.1, -0.05) is 6.92 Å². The van der Waals surface area contributed by atoms with E-state index in [4.69, 9.17) is 19.2 Å². The minimum atomic E-state index is -1.85. The van der Waals surface area contributed by atoms with Crippen molar-refractivity contribution in [1.82, 2.24) is 9.55 Å². The Kier molecular flexibility index (Phi) is 4.93. The molecular formula is C24H22N2O7. The number of fused-ring (bicyclic) bond motifs is 5. The third-order valence-electron chi connectivity index (χ3n) is 6.14. The summed E-state index contributed by atoms with van der Waals surface area (Å²) >= 11 is 0. The molecule has 0 amide bonds. The van der Waals surface area contributed by atoms with E-state index in [0.29, 0.717) is 29.2 Å². The van der Waals surface area contributed by atoms with Gasteiger partial charge in [0.2, 0.25) is 0 Å². The Morgan fingerprint density at radius 3 is 2.82 bits per heavy atom. The predicted molar refractivity (Wildman–Crippen MR) is 117 cm³/mol. The van der Waals surface area contributed by atoms with Gasteiger partial charge in [0, 0.05) is 16.5 Å². The molecule has 2 aliphatic rings. The number of carbonyl (C=O) groups excluding carboxylic acids is 2. The molecule has 0 unspecified atom stereocenters. The Balaban J connectivity index is 1.56. The van der Waals surface area contributed by atoms with E-state index in [1.165, 1.54) is 0 Å². The lowest BCUT2D eigenvalue weighted by Crippen LogP contribution is -2.44. The number of pyridine rings is 2. The molecule has 0 saturated heterocycles. The van der Waals surface area contributed by atoms with Crippen LogP contribution in [0.1, 0.15) is 37.0 Å². The van der Waals surface area contributed by atoms with Crippen LogP contribution < -0.4 is 10.3 Å². The van der Waals surface area contributed by atoms with Crippen LogP contribution in [0.25, 0.3) is 22.3 Å². The number of benzene rings is 1. The van der Waals surface area contributed by atoms with E-state index >= 15 is 0 Å². The monoisotopic (exact) mass is 450 g/mol. The van der Waals surface area contributed by atoms with Crippen LogP contribution in [0, 0.1) is 0 Å². The number of aromatic nitrogens is 2. The first-order chi connectivity index (χ1) is 15.9. The summed E-state index contributed by atoms with van der Waals surface area (Å²) in [5.74, 6) is -0.691. The molecule has 1 aromatic carbocycles. The van der Waals surface area contributed by atoms with Gasteiger partial charge in [0.15, 0.2) is 12.2 Å². The van der Waals surface area contributed by atoms with Gasteiger partial charge in [-0.05, 0) is 43.7 Å². The molecule has 9 nitrogen and oxygen atoms in total. The van der Waals surface area contributed by atoms with E-state index < -0.39 is 17.5 Å². The molecule has 9 heteroatoms. The van der Waals surface area contributed by atoms with Crippen LogP contribution in [0.3, 0.4) is 0 Å². The fourth-order valence-electron chi connectivity index (χ4n) is 4.40. The summed E-state index contributed by atoms with van der Waals surface area (Å²) < 4.78 is 17.1. The van der Waals surface area contributed by atoms with Gasteiger partial charge in [0.1, 0.15) is 12.4 Å².